The fraction of sp³-hybridized carbons (Fsp3) is 0.214. The van der Waals surface area contributed by atoms with Gasteiger partial charge in [-0.05, 0) is 67.3 Å². The van der Waals surface area contributed by atoms with Crippen LogP contribution in [0.1, 0.15) is 57.0 Å². The number of rotatable bonds is 4. The number of allylic oxidation sites excluding steroid dienone is 5. The molecule has 1 aliphatic carbocycles. The van der Waals surface area contributed by atoms with E-state index in [0.717, 1.165) is 0 Å². The molecule has 1 nitrogen and oxygen atoms in total. The zero-order valence-electron chi connectivity index (χ0n) is 18.1. The molecule has 29 heavy (non-hydrogen) atoms. The van der Waals surface area contributed by atoms with Gasteiger partial charge in [-0.3, -0.25) is 0 Å². The Balaban J connectivity index is 2.17. The highest BCUT2D eigenvalue weighted by Crippen LogP contribution is 2.50. The molecule has 0 N–H and O–H groups in total. The van der Waals surface area contributed by atoms with E-state index >= 15 is 0 Å². The van der Waals surface area contributed by atoms with Crippen molar-refractivity contribution in [1.82, 2.24) is 4.57 Å². The lowest BCUT2D eigenvalue weighted by molar-refractivity contribution is 0.661. The largest absolute Gasteiger partial charge is 0.310 e. The zero-order valence-corrected chi connectivity index (χ0v) is 18.1. The summed E-state index contributed by atoms with van der Waals surface area (Å²) >= 11 is 0. The van der Waals surface area contributed by atoms with E-state index in [4.69, 9.17) is 0 Å². The van der Waals surface area contributed by atoms with Gasteiger partial charge in [0.05, 0.1) is 11.2 Å². The molecule has 0 saturated heterocycles. The standard InChI is InChI=1S/C28H29N/c1-7-13-19(9-3)29-26(14-8-2)20(10-4)23-17-22-21-15-11-12-16-24(21)28(5,6)25(22)18-27(23)29/h7-18H,4H2,1-3,5-6H3/b13-7-,14-8-,19-9+. The topological polar surface area (TPSA) is 4.93 Å². The normalized spacial score (nSPS) is 15.4. The highest BCUT2D eigenvalue weighted by molar-refractivity contribution is 6.01. The molecule has 0 bridgehead atoms. The molecule has 1 aromatic heterocycles. The average molecular weight is 380 g/mol. The molecule has 0 fully saturated rings. The molecular weight excluding hydrogens is 350 g/mol. The van der Waals surface area contributed by atoms with Crippen molar-refractivity contribution in [3.63, 3.8) is 0 Å². The zero-order chi connectivity index (χ0) is 20.8. The molecule has 0 spiro atoms. The summed E-state index contributed by atoms with van der Waals surface area (Å²) in [5.74, 6) is 0. The Kier molecular flexibility index (Phi) is 4.70. The maximum atomic E-state index is 4.15. The van der Waals surface area contributed by atoms with Gasteiger partial charge in [0.15, 0.2) is 0 Å². The molecule has 1 heteroatoms. The van der Waals surface area contributed by atoms with Gasteiger partial charge in [0, 0.05) is 22.1 Å². The van der Waals surface area contributed by atoms with Crippen LogP contribution in [0.4, 0.5) is 0 Å². The fourth-order valence-corrected chi connectivity index (χ4v) is 4.81. The Bertz CT molecular complexity index is 1210. The molecule has 0 unspecified atom stereocenters. The van der Waals surface area contributed by atoms with Gasteiger partial charge in [0.2, 0.25) is 0 Å². The van der Waals surface area contributed by atoms with Gasteiger partial charge >= 0.3 is 0 Å². The highest BCUT2D eigenvalue weighted by atomic mass is 15.0. The fourth-order valence-electron chi connectivity index (χ4n) is 4.81. The smallest absolute Gasteiger partial charge is 0.0544 e. The summed E-state index contributed by atoms with van der Waals surface area (Å²) in [7, 11) is 0. The second kappa shape index (κ2) is 7.08. The van der Waals surface area contributed by atoms with E-state index in [1.54, 1.807) is 0 Å². The molecule has 1 aliphatic rings. The van der Waals surface area contributed by atoms with E-state index in [1.807, 2.05) is 6.08 Å². The summed E-state index contributed by atoms with van der Waals surface area (Å²) in [4.78, 5) is 0. The van der Waals surface area contributed by atoms with Crippen LogP contribution >= 0.6 is 0 Å². The van der Waals surface area contributed by atoms with E-state index in [2.05, 4.69) is 113 Å². The monoisotopic (exact) mass is 379 g/mol. The molecule has 0 amide bonds. The molecule has 3 aromatic rings. The van der Waals surface area contributed by atoms with Crippen molar-refractivity contribution < 1.29 is 0 Å². The van der Waals surface area contributed by atoms with Gasteiger partial charge in [0.1, 0.15) is 0 Å². The first-order chi connectivity index (χ1) is 14.0. The van der Waals surface area contributed by atoms with Crippen LogP contribution in [0.2, 0.25) is 0 Å². The molecule has 1 heterocycles. The number of fused-ring (bicyclic) bond motifs is 4. The first kappa shape index (κ1) is 19.3. The van der Waals surface area contributed by atoms with Crippen molar-refractivity contribution in [2.45, 2.75) is 40.0 Å². The molecule has 2 aromatic carbocycles. The second-order valence-corrected chi connectivity index (χ2v) is 8.14. The Morgan fingerprint density at radius 1 is 0.966 bits per heavy atom. The second-order valence-electron chi connectivity index (χ2n) is 8.14. The third kappa shape index (κ3) is 2.68. The lowest BCUT2D eigenvalue weighted by atomic mass is 9.82. The van der Waals surface area contributed by atoms with Gasteiger partial charge in [-0.2, -0.15) is 0 Å². The first-order valence-corrected chi connectivity index (χ1v) is 10.4. The van der Waals surface area contributed by atoms with Crippen LogP contribution in [0.15, 0.2) is 67.3 Å². The van der Waals surface area contributed by atoms with E-state index in [9.17, 15) is 0 Å². The first-order valence-electron chi connectivity index (χ1n) is 10.4. The maximum absolute atomic E-state index is 4.15. The Morgan fingerprint density at radius 3 is 2.38 bits per heavy atom. The molecule has 0 saturated carbocycles. The summed E-state index contributed by atoms with van der Waals surface area (Å²) in [5, 5.41) is 1.25. The minimum atomic E-state index is -0.0129. The van der Waals surface area contributed by atoms with Crippen LogP contribution in [0.3, 0.4) is 0 Å². The number of aromatic nitrogens is 1. The molecule has 146 valence electrons. The van der Waals surface area contributed by atoms with Gasteiger partial charge in [-0.15, -0.1) is 0 Å². The van der Waals surface area contributed by atoms with Crippen LogP contribution < -0.4 is 0 Å². The van der Waals surface area contributed by atoms with Crippen molar-refractivity contribution in [3.05, 3.63) is 89.7 Å². The van der Waals surface area contributed by atoms with Crippen LogP contribution in [-0.4, -0.2) is 4.57 Å². The van der Waals surface area contributed by atoms with E-state index in [-0.39, 0.29) is 5.41 Å². The van der Waals surface area contributed by atoms with Crippen LogP contribution in [0, 0.1) is 0 Å². The summed E-state index contributed by atoms with van der Waals surface area (Å²) in [6.45, 7) is 15.1. The molecule has 0 radical (unpaired) electrons. The quantitative estimate of drug-likeness (QED) is 0.404. The number of hydrogen-bond donors (Lipinski definition) is 0. The van der Waals surface area contributed by atoms with Crippen molar-refractivity contribution in [1.29, 1.82) is 0 Å². The minimum absolute atomic E-state index is 0.0129. The lowest BCUT2D eigenvalue weighted by Gasteiger charge is -2.21. The van der Waals surface area contributed by atoms with Gasteiger partial charge in [-0.1, -0.05) is 69.0 Å². The molecule has 0 atom stereocenters. The maximum Gasteiger partial charge on any atom is 0.0544 e. The lowest BCUT2D eigenvalue weighted by Crippen LogP contribution is -2.15. The van der Waals surface area contributed by atoms with E-state index in [1.165, 1.54) is 50.1 Å². The highest BCUT2D eigenvalue weighted by Gasteiger charge is 2.36. The SMILES string of the molecule is C=Cc1c(/C=C\C)n(C(/C=C\C)=C/C)c2cc3c(cc12)-c1ccccc1C3(C)C. The van der Waals surface area contributed by atoms with Gasteiger partial charge in [-0.25, -0.2) is 0 Å². The van der Waals surface area contributed by atoms with Gasteiger partial charge < -0.3 is 4.57 Å². The summed E-state index contributed by atoms with van der Waals surface area (Å²) in [5.41, 5.74) is 10.3. The van der Waals surface area contributed by atoms with Crippen molar-refractivity contribution in [2.24, 2.45) is 0 Å². The molecule has 4 rings (SSSR count). The van der Waals surface area contributed by atoms with E-state index in [0.29, 0.717) is 0 Å². The third-order valence-corrected chi connectivity index (χ3v) is 6.17. The summed E-state index contributed by atoms with van der Waals surface area (Å²) in [6, 6.07) is 13.6. The van der Waals surface area contributed by atoms with Crippen LogP contribution in [0.25, 0.3) is 39.9 Å². The van der Waals surface area contributed by atoms with Gasteiger partial charge in [0.25, 0.3) is 0 Å². The van der Waals surface area contributed by atoms with E-state index < -0.39 is 0 Å². The van der Waals surface area contributed by atoms with Crippen molar-refractivity contribution in [2.75, 3.05) is 0 Å². The Labute approximate surface area is 174 Å². The Morgan fingerprint density at radius 2 is 1.72 bits per heavy atom. The molecule has 0 aliphatic heterocycles. The third-order valence-electron chi connectivity index (χ3n) is 6.17. The summed E-state index contributed by atoms with van der Waals surface area (Å²) in [6.07, 6.45) is 12.7. The van der Waals surface area contributed by atoms with Crippen molar-refractivity contribution in [3.8, 4) is 11.1 Å². The molecular formula is C28H29N. The Hall–Kier alpha value is -3.06. The predicted octanol–water partition coefficient (Wildman–Crippen LogP) is 8.06. The predicted molar refractivity (Wildman–Crippen MR) is 129 cm³/mol. The van der Waals surface area contributed by atoms with Crippen LogP contribution in [0.5, 0.6) is 0 Å². The number of benzene rings is 2. The van der Waals surface area contributed by atoms with Crippen molar-refractivity contribution >= 4 is 28.8 Å². The number of nitrogens with zero attached hydrogens (tertiary/aromatic N) is 1. The minimum Gasteiger partial charge on any atom is -0.310 e. The summed E-state index contributed by atoms with van der Waals surface area (Å²) < 4.78 is 2.37. The van der Waals surface area contributed by atoms with Crippen LogP contribution in [-0.2, 0) is 5.41 Å². The number of hydrogen-bond acceptors (Lipinski definition) is 0. The average Bonchev–Trinajstić information content (AvgIpc) is 3.14.